The number of nitrogens with two attached hydrogens (primary N) is 1. The fourth-order valence-electron chi connectivity index (χ4n) is 2.29. The zero-order chi connectivity index (χ0) is 16.9. The molecule has 124 valence electrons. The van der Waals surface area contributed by atoms with E-state index >= 15 is 0 Å². The number of anilines is 1. The third kappa shape index (κ3) is 4.83. The number of aromatic hydroxyl groups is 1. The molecule has 0 spiro atoms. The fourth-order valence-corrected chi connectivity index (χ4v) is 2.29. The van der Waals surface area contributed by atoms with Crippen LogP contribution in [0.2, 0.25) is 0 Å². The smallest absolute Gasteiger partial charge is 0.410 e. The molecule has 0 saturated carbocycles. The van der Waals surface area contributed by atoms with Crippen LogP contribution in [0.4, 0.5) is 10.5 Å². The number of ether oxygens (including phenoxy) is 1. The number of nitrogen functional groups attached to an aromatic ring is 1. The number of phenols is 1. The number of phenolic OH excluding ortho intramolecular Hbond substituents is 1. The molecule has 3 N–H and O–H groups in total. The zero-order valence-electron chi connectivity index (χ0n) is 14.3. The standard InChI is InChI=1S/C15H22N2O3.C2H6/c1-15(2,3)20-14(19)17-6-4-10-8-12(16)13(18)9-11(10)5-7-17;1-2/h8-9,18H,4-7,16H2,1-3H3;1-2H3. The number of carbonyl (C=O) groups excluding carboxylic acids is 1. The Hall–Kier alpha value is -1.91. The van der Waals surface area contributed by atoms with Gasteiger partial charge < -0.3 is 20.5 Å². The summed E-state index contributed by atoms with van der Waals surface area (Å²) in [5.41, 5.74) is 7.75. The number of carbonyl (C=O) groups is 1. The van der Waals surface area contributed by atoms with E-state index in [0.29, 0.717) is 25.2 Å². The molecule has 0 saturated heterocycles. The van der Waals surface area contributed by atoms with Gasteiger partial charge in [-0.05, 0) is 56.9 Å². The third-order valence-corrected chi connectivity index (χ3v) is 3.30. The lowest BCUT2D eigenvalue weighted by Crippen LogP contribution is -2.38. The highest BCUT2D eigenvalue weighted by Crippen LogP contribution is 2.27. The molecule has 0 aromatic heterocycles. The molecule has 0 unspecified atom stereocenters. The van der Waals surface area contributed by atoms with E-state index in [1.54, 1.807) is 17.0 Å². The molecular formula is C17H28N2O3. The molecule has 0 aliphatic carbocycles. The molecule has 0 fully saturated rings. The monoisotopic (exact) mass is 308 g/mol. The highest BCUT2D eigenvalue weighted by atomic mass is 16.6. The molecule has 1 aliphatic heterocycles. The molecule has 0 radical (unpaired) electrons. The van der Waals surface area contributed by atoms with Crippen LogP contribution in [0.15, 0.2) is 12.1 Å². The summed E-state index contributed by atoms with van der Waals surface area (Å²) in [6.07, 6.45) is 1.13. The van der Waals surface area contributed by atoms with Crippen LogP contribution in [0.1, 0.15) is 45.7 Å². The van der Waals surface area contributed by atoms with Gasteiger partial charge in [0.2, 0.25) is 0 Å². The van der Waals surface area contributed by atoms with E-state index in [2.05, 4.69) is 0 Å². The second-order valence-corrected chi connectivity index (χ2v) is 6.15. The highest BCUT2D eigenvalue weighted by Gasteiger charge is 2.24. The molecule has 5 nitrogen and oxygen atoms in total. The van der Waals surface area contributed by atoms with E-state index in [0.717, 1.165) is 17.5 Å². The van der Waals surface area contributed by atoms with Crippen molar-refractivity contribution in [2.75, 3.05) is 18.8 Å². The van der Waals surface area contributed by atoms with Gasteiger partial charge >= 0.3 is 6.09 Å². The van der Waals surface area contributed by atoms with Crippen molar-refractivity contribution >= 4 is 11.8 Å². The Balaban J connectivity index is 0.00000116. The number of amides is 1. The predicted octanol–water partition coefficient (Wildman–Crippen LogP) is 3.34. The van der Waals surface area contributed by atoms with Crippen molar-refractivity contribution in [3.63, 3.8) is 0 Å². The van der Waals surface area contributed by atoms with E-state index in [-0.39, 0.29) is 11.8 Å². The number of nitrogens with zero attached hydrogens (tertiary/aromatic N) is 1. The van der Waals surface area contributed by atoms with Gasteiger partial charge in [-0.15, -0.1) is 0 Å². The Morgan fingerprint density at radius 1 is 1.18 bits per heavy atom. The Morgan fingerprint density at radius 2 is 1.68 bits per heavy atom. The first-order chi connectivity index (χ1) is 10.3. The van der Waals surface area contributed by atoms with Gasteiger partial charge in [-0.3, -0.25) is 0 Å². The topological polar surface area (TPSA) is 75.8 Å². The van der Waals surface area contributed by atoms with Crippen molar-refractivity contribution in [1.29, 1.82) is 0 Å². The summed E-state index contributed by atoms with van der Waals surface area (Å²) in [4.78, 5) is 13.8. The van der Waals surface area contributed by atoms with Crippen molar-refractivity contribution in [2.45, 2.75) is 53.1 Å². The van der Waals surface area contributed by atoms with Gasteiger partial charge in [0, 0.05) is 13.1 Å². The Labute approximate surface area is 133 Å². The molecule has 0 bridgehead atoms. The van der Waals surface area contributed by atoms with E-state index < -0.39 is 5.60 Å². The maximum absolute atomic E-state index is 12.1. The normalized spacial score (nSPS) is 14.3. The van der Waals surface area contributed by atoms with Crippen LogP contribution in [0.3, 0.4) is 0 Å². The maximum atomic E-state index is 12.1. The molecule has 1 aliphatic rings. The molecule has 1 amide bonds. The summed E-state index contributed by atoms with van der Waals surface area (Å²) in [7, 11) is 0. The van der Waals surface area contributed by atoms with Crippen molar-refractivity contribution < 1.29 is 14.6 Å². The van der Waals surface area contributed by atoms with Gasteiger partial charge in [0.05, 0.1) is 5.69 Å². The lowest BCUT2D eigenvalue weighted by Gasteiger charge is -2.26. The summed E-state index contributed by atoms with van der Waals surface area (Å²) in [6.45, 7) is 10.8. The van der Waals surface area contributed by atoms with Crippen molar-refractivity contribution in [3.05, 3.63) is 23.3 Å². The molecule has 1 heterocycles. The van der Waals surface area contributed by atoms with E-state index in [1.807, 2.05) is 34.6 Å². The second kappa shape index (κ2) is 7.38. The van der Waals surface area contributed by atoms with Gasteiger partial charge in [0.1, 0.15) is 11.4 Å². The van der Waals surface area contributed by atoms with Gasteiger partial charge in [0.25, 0.3) is 0 Å². The van der Waals surface area contributed by atoms with Crippen molar-refractivity contribution in [2.24, 2.45) is 0 Å². The predicted molar refractivity (Wildman–Crippen MR) is 89.1 cm³/mol. The second-order valence-electron chi connectivity index (χ2n) is 6.15. The van der Waals surface area contributed by atoms with Gasteiger partial charge in [-0.1, -0.05) is 13.8 Å². The van der Waals surface area contributed by atoms with E-state index in [9.17, 15) is 9.90 Å². The lowest BCUT2D eigenvalue weighted by molar-refractivity contribution is 0.0258. The average Bonchev–Trinajstić information content (AvgIpc) is 2.62. The Bertz CT molecular complexity index is 488. The number of hydrogen-bond donors (Lipinski definition) is 2. The van der Waals surface area contributed by atoms with Gasteiger partial charge in [-0.25, -0.2) is 4.79 Å². The summed E-state index contributed by atoms with van der Waals surface area (Å²) >= 11 is 0. The minimum absolute atomic E-state index is 0.106. The molecule has 1 aromatic rings. The molecular weight excluding hydrogens is 280 g/mol. The minimum Gasteiger partial charge on any atom is -0.506 e. The quantitative estimate of drug-likeness (QED) is 0.569. The first kappa shape index (κ1) is 18.1. The summed E-state index contributed by atoms with van der Waals surface area (Å²) in [6, 6.07) is 3.49. The molecule has 2 rings (SSSR count). The zero-order valence-corrected chi connectivity index (χ0v) is 14.3. The van der Waals surface area contributed by atoms with E-state index in [1.165, 1.54) is 0 Å². The minimum atomic E-state index is -0.487. The van der Waals surface area contributed by atoms with Crippen LogP contribution in [-0.2, 0) is 17.6 Å². The lowest BCUT2D eigenvalue weighted by atomic mass is 10.0. The molecule has 1 aromatic carbocycles. The first-order valence-corrected chi connectivity index (χ1v) is 7.84. The van der Waals surface area contributed by atoms with Crippen LogP contribution < -0.4 is 5.73 Å². The number of hydrogen-bond acceptors (Lipinski definition) is 4. The summed E-state index contributed by atoms with van der Waals surface area (Å²) in [5.74, 6) is 0.106. The highest BCUT2D eigenvalue weighted by molar-refractivity contribution is 5.68. The van der Waals surface area contributed by atoms with E-state index in [4.69, 9.17) is 10.5 Å². The van der Waals surface area contributed by atoms with Crippen LogP contribution in [0.25, 0.3) is 0 Å². The average molecular weight is 308 g/mol. The summed E-state index contributed by atoms with van der Waals surface area (Å²) in [5, 5.41) is 9.66. The third-order valence-electron chi connectivity index (χ3n) is 3.30. The van der Waals surface area contributed by atoms with Crippen molar-refractivity contribution in [3.8, 4) is 5.75 Å². The van der Waals surface area contributed by atoms with Crippen LogP contribution >= 0.6 is 0 Å². The van der Waals surface area contributed by atoms with Crippen LogP contribution in [-0.4, -0.2) is 34.8 Å². The SMILES string of the molecule is CC.CC(C)(C)OC(=O)N1CCc2cc(N)c(O)cc2CC1. The van der Waals surface area contributed by atoms with Gasteiger partial charge in [0.15, 0.2) is 0 Å². The maximum Gasteiger partial charge on any atom is 0.410 e. The number of benzene rings is 1. The Morgan fingerprint density at radius 3 is 2.18 bits per heavy atom. The first-order valence-electron chi connectivity index (χ1n) is 7.84. The molecule has 5 heteroatoms. The molecule has 0 atom stereocenters. The number of rotatable bonds is 0. The van der Waals surface area contributed by atoms with Gasteiger partial charge in [-0.2, -0.15) is 0 Å². The molecule has 22 heavy (non-hydrogen) atoms. The van der Waals surface area contributed by atoms with Crippen molar-refractivity contribution in [1.82, 2.24) is 4.90 Å². The Kier molecular flexibility index (Phi) is 6.09. The van der Waals surface area contributed by atoms with Crippen LogP contribution in [0.5, 0.6) is 5.75 Å². The largest absolute Gasteiger partial charge is 0.506 e. The summed E-state index contributed by atoms with van der Waals surface area (Å²) < 4.78 is 5.39. The number of fused-ring (bicyclic) bond motifs is 1. The van der Waals surface area contributed by atoms with Crippen LogP contribution in [0, 0.1) is 0 Å². The fraction of sp³-hybridized carbons (Fsp3) is 0.588.